The van der Waals surface area contributed by atoms with E-state index >= 15 is 0 Å². The van der Waals surface area contributed by atoms with Crippen molar-refractivity contribution in [3.8, 4) is 11.5 Å². The average molecular weight is 356 g/mol. The lowest BCUT2D eigenvalue weighted by molar-refractivity contribution is 0.306. The summed E-state index contributed by atoms with van der Waals surface area (Å²) >= 11 is 3.62. The van der Waals surface area contributed by atoms with Crippen molar-refractivity contribution in [1.82, 2.24) is 4.90 Å². The number of aliphatic imine (C=N–C) groups is 1. The third kappa shape index (κ3) is 3.26. The second-order valence-electron chi connectivity index (χ2n) is 5.49. The summed E-state index contributed by atoms with van der Waals surface area (Å²) in [5, 5.41) is 0. The molecule has 1 aromatic carbocycles. The highest BCUT2D eigenvalue weighted by molar-refractivity contribution is 9.10. The normalized spacial score (nSPS) is 18.1. The lowest BCUT2D eigenvalue weighted by Crippen LogP contribution is -2.38. The summed E-state index contributed by atoms with van der Waals surface area (Å²) in [7, 11) is 3.27. The van der Waals surface area contributed by atoms with Gasteiger partial charge in [0.2, 0.25) is 0 Å². The highest BCUT2D eigenvalue weighted by atomic mass is 79.9. The molecule has 0 radical (unpaired) electrons. The van der Waals surface area contributed by atoms with Gasteiger partial charge in [0.15, 0.2) is 17.5 Å². The Morgan fingerprint density at radius 3 is 2.52 bits per heavy atom. The number of benzene rings is 1. The zero-order valence-corrected chi connectivity index (χ0v) is 14.5. The highest BCUT2D eigenvalue weighted by Gasteiger charge is 2.30. The van der Waals surface area contributed by atoms with Crippen LogP contribution in [0, 0.1) is 5.92 Å². The molecule has 0 saturated carbocycles. The summed E-state index contributed by atoms with van der Waals surface area (Å²) in [4.78, 5) is 6.54. The molecule has 1 heterocycles. The zero-order valence-electron chi connectivity index (χ0n) is 12.9. The third-order valence-corrected chi connectivity index (χ3v) is 4.21. The van der Waals surface area contributed by atoms with Crippen molar-refractivity contribution in [3.05, 3.63) is 22.2 Å². The van der Waals surface area contributed by atoms with Crippen LogP contribution in [0.25, 0.3) is 0 Å². The van der Waals surface area contributed by atoms with Gasteiger partial charge < -0.3 is 20.1 Å². The molecule has 6 heteroatoms. The molecule has 0 amide bonds. The molecule has 21 heavy (non-hydrogen) atoms. The van der Waals surface area contributed by atoms with Crippen molar-refractivity contribution in [2.45, 2.75) is 19.9 Å². The van der Waals surface area contributed by atoms with Crippen LogP contribution in [0.5, 0.6) is 11.5 Å². The van der Waals surface area contributed by atoms with Crippen LogP contribution in [0.15, 0.2) is 21.6 Å². The molecular weight excluding hydrogens is 334 g/mol. The number of nitrogens with two attached hydrogens (primary N) is 1. The Morgan fingerprint density at radius 1 is 1.33 bits per heavy atom. The number of methoxy groups -OCH3 is 2. The molecule has 1 aliphatic heterocycles. The van der Waals surface area contributed by atoms with Gasteiger partial charge in [-0.1, -0.05) is 29.8 Å². The van der Waals surface area contributed by atoms with Gasteiger partial charge in [-0.2, -0.15) is 0 Å². The van der Waals surface area contributed by atoms with Gasteiger partial charge in [-0.3, -0.25) is 4.99 Å². The standard InChI is InChI=1S/C15H22BrN3O2/c1-9(2)8-19-12(7-18-15(19)17)10-5-13(20-3)14(21-4)6-11(10)16/h5-6,9,12H,7-8H2,1-4H3,(H2,17,18). The minimum atomic E-state index is 0.126. The van der Waals surface area contributed by atoms with E-state index in [2.05, 4.69) is 39.7 Å². The molecule has 0 aliphatic carbocycles. The fourth-order valence-electron chi connectivity index (χ4n) is 2.53. The number of rotatable bonds is 5. The van der Waals surface area contributed by atoms with E-state index in [9.17, 15) is 0 Å². The number of hydrogen-bond acceptors (Lipinski definition) is 5. The zero-order chi connectivity index (χ0) is 15.6. The molecular formula is C15H22BrN3O2. The third-order valence-electron chi connectivity index (χ3n) is 3.52. The summed E-state index contributed by atoms with van der Waals surface area (Å²) in [5.41, 5.74) is 7.15. The monoisotopic (exact) mass is 355 g/mol. The maximum atomic E-state index is 6.04. The Labute approximate surface area is 134 Å². The lowest BCUT2D eigenvalue weighted by atomic mass is 10.0. The van der Waals surface area contributed by atoms with Crippen LogP contribution in [0.3, 0.4) is 0 Å². The summed E-state index contributed by atoms with van der Waals surface area (Å²) in [6.45, 7) is 5.88. The smallest absolute Gasteiger partial charge is 0.191 e. The molecule has 1 aromatic rings. The Morgan fingerprint density at radius 2 is 1.95 bits per heavy atom. The first kappa shape index (κ1) is 15.9. The molecule has 116 valence electrons. The molecule has 1 unspecified atom stereocenters. The first-order valence-corrected chi connectivity index (χ1v) is 7.75. The van der Waals surface area contributed by atoms with E-state index in [-0.39, 0.29) is 6.04 Å². The van der Waals surface area contributed by atoms with Crippen molar-refractivity contribution < 1.29 is 9.47 Å². The van der Waals surface area contributed by atoms with Gasteiger partial charge in [-0.05, 0) is 23.6 Å². The van der Waals surface area contributed by atoms with Gasteiger partial charge in [-0.25, -0.2) is 0 Å². The van der Waals surface area contributed by atoms with Crippen LogP contribution >= 0.6 is 15.9 Å². The summed E-state index contributed by atoms with van der Waals surface area (Å²) < 4.78 is 11.7. The second kappa shape index (κ2) is 6.56. The van der Waals surface area contributed by atoms with Crippen LogP contribution in [0.2, 0.25) is 0 Å². The number of ether oxygens (including phenoxy) is 2. The van der Waals surface area contributed by atoms with Gasteiger partial charge in [0.05, 0.1) is 26.8 Å². The van der Waals surface area contributed by atoms with E-state index in [1.807, 2.05) is 12.1 Å². The second-order valence-corrected chi connectivity index (χ2v) is 6.34. The molecule has 2 N–H and O–H groups in total. The minimum absolute atomic E-state index is 0.126. The van der Waals surface area contributed by atoms with E-state index in [1.54, 1.807) is 14.2 Å². The molecule has 0 aromatic heterocycles. The maximum Gasteiger partial charge on any atom is 0.191 e. The van der Waals surface area contributed by atoms with E-state index in [0.717, 1.165) is 16.6 Å². The van der Waals surface area contributed by atoms with E-state index in [0.29, 0.717) is 29.9 Å². The molecule has 0 fully saturated rings. The predicted molar refractivity (Wildman–Crippen MR) is 88.0 cm³/mol. The van der Waals surface area contributed by atoms with E-state index in [1.165, 1.54) is 0 Å². The van der Waals surface area contributed by atoms with E-state index in [4.69, 9.17) is 15.2 Å². The van der Waals surface area contributed by atoms with Crippen molar-refractivity contribution in [1.29, 1.82) is 0 Å². The number of halogens is 1. The molecule has 5 nitrogen and oxygen atoms in total. The van der Waals surface area contributed by atoms with Crippen molar-refractivity contribution in [3.63, 3.8) is 0 Å². The molecule has 0 saturated heterocycles. The van der Waals surface area contributed by atoms with Crippen LogP contribution in [0.4, 0.5) is 0 Å². The Balaban J connectivity index is 2.37. The molecule has 1 atom stereocenters. The largest absolute Gasteiger partial charge is 0.493 e. The van der Waals surface area contributed by atoms with Crippen LogP contribution < -0.4 is 15.2 Å². The summed E-state index contributed by atoms with van der Waals surface area (Å²) in [5.74, 6) is 2.54. The molecule has 0 bridgehead atoms. The first-order valence-electron chi connectivity index (χ1n) is 6.95. The molecule has 2 rings (SSSR count). The number of hydrogen-bond donors (Lipinski definition) is 1. The van der Waals surface area contributed by atoms with Crippen LogP contribution in [-0.2, 0) is 0 Å². The Bertz CT molecular complexity index is 546. The predicted octanol–water partition coefficient (Wildman–Crippen LogP) is 2.79. The molecule has 0 spiro atoms. The van der Waals surface area contributed by atoms with Gasteiger partial charge in [0, 0.05) is 11.0 Å². The van der Waals surface area contributed by atoms with Gasteiger partial charge >= 0.3 is 0 Å². The van der Waals surface area contributed by atoms with Crippen molar-refractivity contribution >= 4 is 21.9 Å². The first-order chi connectivity index (χ1) is 9.97. The number of nitrogens with zero attached hydrogens (tertiary/aromatic N) is 2. The van der Waals surface area contributed by atoms with Gasteiger partial charge in [-0.15, -0.1) is 0 Å². The highest BCUT2D eigenvalue weighted by Crippen LogP contribution is 2.39. The quantitative estimate of drug-likeness (QED) is 0.881. The topological polar surface area (TPSA) is 60.1 Å². The van der Waals surface area contributed by atoms with Crippen LogP contribution in [0.1, 0.15) is 25.5 Å². The maximum absolute atomic E-state index is 6.04. The van der Waals surface area contributed by atoms with Crippen LogP contribution in [-0.4, -0.2) is 38.2 Å². The average Bonchev–Trinajstić information content (AvgIpc) is 2.79. The fraction of sp³-hybridized carbons (Fsp3) is 0.533. The lowest BCUT2D eigenvalue weighted by Gasteiger charge is -2.29. The fourth-order valence-corrected chi connectivity index (χ4v) is 3.12. The van der Waals surface area contributed by atoms with Crippen molar-refractivity contribution in [2.24, 2.45) is 16.6 Å². The van der Waals surface area contributed by atoms with Crippen molar-refractivity contribution in [2.75, 3.05) is 27.3 Å². The van der Waals surface area contributed by atoms with Gasteiger partial charge in [0.1, 0.15) is 0 Å². The SMILES string of the molecule is COc1cc(Br)c(C2CN=C(N)N2CC(C)C)cc1OC. The van der Waals surface area contributed by atoms with E-state index < -0.39 is 0 Å². The summed E-state index contributed by atoms with van der Waals surface area (Å²) in [6.07, 6.45) is 0. The Hall–Kier alpha value is -1.43. The number of guanidine groups is 1. The Kier molecular flexibility index (Phi) is 4.98. The minimum Gasteiger partial charge on any atom is -0.493 e. The molecule has 1 aliphatic rings. The van der Waals surface area contributed by atoms with Gasteiger partial charge in [0.25, 0.3) is 0 Å². The summed E-state index contributed by atoms with van der Waals surface area (Å²) in [6, 6.07) is 4.05.